The van der Waals surface area contributed by atoms with Crippen LogP contribution in [0.4, 0.5) is 8.78 Å². The van der Waals surface area contributed by atoms with Crippen molar-refractivity contribution in [2.45, 2.75) is 18.9 Å². The molecule has 0 aromatic heterocycles. The highest BCUT2D eigenvalue weighted by molar-refractivity contribution is 5.39. The average Bonchev–Trinajstić information content (AvgIpc) is 2.35. The monoisotopic (exact) mass is 199 g/mol. The summed E-state index contributed by atoms with van der Waals surface area (Å²) in [5.41, 5.74) is 5.90. The van der Waals surface area contributed by atoms with E-state index in [1.54, 1.807) is 0 Å². The molecule has 1 atom stereocenters. The highest BCUT2D eigenvalue weighted by Crippen LogP contribution is 2.34. The van der Waals surface area contributed by atoms with Crippen molar-refractivity contribution in [3.63, 3.8) is 0 Å². The van der Waals surface area contributed by atoms with Gasteiger partial charge in [-0.25, -0.2) is 8.78 Å². The lowest BCUT2D eigenvalue weighted by atomic mass is 10.0. The number of hydrogen-bond acceptors (Lipinski definition) is 2. The van der Waals surface area contributed by atoms with Crippen molar-refractivity contribution in [1.29, 1.82) is 0 Å². The first-order valence-corrected chi connectivity index (χ1v) is 4.56. The summed E-state index contributed by atoms with van der Waals surface area (Å²) in [6.45, 7) is 0.390. The Kier molecular flexibility index (Phi) is 2.37. The topological polar surface area (TPSA) is 35.2 Å². The van der Waals surface area contributed by atoms with Crippen LogP contribution in [-0.4, -0.2) is 6.61 Å². The Morgan fingerprint density at radius 2 is 2.00 bits per heavy atom. The molecule has 14 heavy (non-hydrogen) atoms. The molecule has 0 aliphatic carbocycles. The molecular formula is C10H11F2NO. The summed E-state index contributed by atoms with van der Waals surface area (Å²) in [6.07, 6.45) is 1.34. The van der Waals surface area contributed by atoms with E-state index in [9.17, 15) is 8.78 Å². The van der Waals surface area contributed by atoms with Gasteiger partial charge < -0.3 is 10.5 Å². The van der Waals surface area contributed by atoms with E-state index in [2.05, 4.69) is 0 Å². The highest BCUT2D eigenvalue weighted by atomic mass is 19.1. The van der Waals surface area contributed by atoms with Gasteiger partial charge in [0.15, 0.2) is 11.6 Å². The molecule has 4 heteroatoms. The Labute approximate surface area is 80.7 Å². The van der Waals surface area contributed by atoms with Gasteiger partial charge in [-0.15, -0.1) is 0 Å². The maximum Gasteiger partial charge on any atom is 0.165 e. The molecule has 0 bridgehead atoms. The van der Waals surface area contributed by atoms with E-state index in [-0.39, 0.29) is 11.3 Å². The zero-order valence-corrected chi connectivity index (χ0v) is 7.59. The Morgan fingerprint density at radius 3 is 2.79 bits per heavy atom. The van der Waals surface area contributed by atoms with Gasteiger partial charge in [0.2, 0.25) is 0 Å². The number of nitrogens with two attached hydrogens (primary N) is 1. The summed E-state index contributed by atoms with van der Waals surface area (Å²) in [5, 5.41) is 0. The molecule has 0 spiro atoms. The first-order chi connectivity index (χ1) is 6.70. The fraction of sp³-hybridized carbons (Fsp3) is 0.400. The minimum absolute atomic E-state index is 0.0185. The number of fused-ring (bicyclic) bond motifs is 1. The molecular weight excluding hydrogens is 188 g/mol. The summed E-state index contributed by atoms with van der Waals surface area (Å²) in [7, 11) is 0. The van der Waals surface area contributed by atoms with Crippen LogP contribution in [0.1, 0.15) is 24.4 Å². The zero-order chi connectivity index (χ0) is 10.1. The summed E-state index contributed by atoms with van der Waals surface area (Å²) < 4.78 is 31.7. The quantitative estimate of drug-likeness (QED) is 0.694. The highest BCUT2D eigenvalue weighted by Gasteiger charge is 2.23. The van der Waals surface area contributed by atoms with E-state index in [4.69, 9.17) is 10.5 Å². The van der Waals surface area contributed by atoms with Crippen molar-refractivity contribution >= 4 is 0 Å². The van der Waals surface area contributed by atoms with Crippen LogP contribution in [0.5, 0.6) is 5.75 Å². The number of rotatable bonds is 0. The van der Waals surface area contributed by atoms with Crippen molar-refractivity contribution < 1.29 is 13.5 Å². The van der Waals surface area contributed by atoms with E-state index in [0.29, 0.717) is 19.4 Å². The third-order valence-electron chi connectivity index (χ3n) is 2.37. The van der Waals surface area contributed by atoms with E-state index < -0.39 is 17.7 Å². The molecule has 0 amide bonds. The molecule has 1 aromatic carbocycles. The largest absolute Gasteiger partial charge is 0.490 e. The fourth-order valence-electron chi connectivity index (χ4n) is 1.66. The van der Waals surface area contributed by atoms with Gasteiger partial charge >= 0.3 is 0 Å². The molecule has 0 radical (unpaired) electrons. The number of halogens is 2. The van der Waals surface area contributed by atoms with Crippen LogP contribution in [0.25, 0.3) is 0 Å². The number of hydrogen-bond donors (Lipinski definition) is 1. The van der Waals surface area contributed by atoms with Crippen molar-refractivity contribution in [1.82, 2.24) is 0 Å². The lowest BCUT2D eigenvalue weighted by Gasteiger charge is -2.12. The SMILES string of the molecule is N[C@H]1CCCOc2c(F)ccc(F)c21. The van der Waals surface area contributed by atoms with Crippen molar-refractivity contribution in [3.8, 4) is 5.75 Å². The van der Waals surface area contributed by atoms with Crippen molar-refractivity contribution in [3.05, 3.63) is 29.3 Å². The molecule has 1 aromatic rings. The molecule has 1 aliphatic heterocycles. The van der Waals surface area contributed by atoms with Crippen molar-refractivity contribution in [2.24, 2.45) is 5.73 Å². The fourth-order valence-corrected chi connectivity index (χ4v) is 1.66. The van der Waals surface area contributed by atoms with Crippen LogP contribution >= 0.6 is 0 Å². The van der Waals surface area contributed by atoms with E-state index >= 15 is 0 Å². The zero-order valence-electron chi connectivity index (χ0n) is 7.59. The maximum absolute atomic E-state index is 13.4. The van der Waals surface area contributed by atoms with Crippen LogP contribution in [0, 0.1) is 11.6 Å². The van der Waals surface area contributed by atoms with Gasteiger partial charge in [0.05, 0.1) is 6.61 Å². The molecule has 76 valence electrons. The second kappa shape index (κ2) is 3.53. The van der Waals surface area contributed by atoms with Crippen LogP contribution in [0.3, 0.4) is 0 Å². The van der Waals surface area contributed by atoms with Gasteiger partial charge in [0.25, 0.3) is 0 Å². The predicted octanol–water partition coefficient (Wildman–Crippen LogP) is 2.14. The first kappa shape index (κ1) is 9.40. The molecule has 2 nitrogen and oxygen atoms in total. The van der Waals surface area contributed by atoms with Crippen LogP contribution in [0.15, 0.2) is 12.1 Å². The number of benzene rings is 1. The molecule has 2 N–H and O–H groups in total. The average molecular weight is 199 g/mol. The predicted molar refractivity (Wildman–Crippen MR) is 48.0 cm³/mol. The molecule has 1 heterocycles. The van der Waals surface area contributed by atoms with Gasteiger partial charge in [-0.2, -0.15) is 0 Å². The van der Waals surface area contributed by atoms with Gasteiger partial charge in [0, 0.05) is 11.6 Å². The Bertz CT molecular complexity index is 354. The minimum Gasteiger partial charge on any atom is -0.490 e. The summed E-state index contributed by atoms with van der Waals surface area (Å²) >= 11 is 0. The van der Waals surface area contributed by atoms with Gasteiger partial charge in [-0.05, 0) is 25.0 Å². The Hall–Kier alpha value is -1.16. The molecule has 0 saturated carbocycles. The maximum atomic E-state index is 13.4. The third kappa shape index (κ3) is 1.46. The number of ether oxygens (including phenoxy) is 1. The van der Waals surface area contributed by atoms with Crippen molar-refractivity contribution in [2.75, 3.05) is 6.61 Å². The molecule has 1 aliphatic rings. The molecule has 0 unspecified atom stereocenters. The van der Waals surface area contributed by atoms with E-state index in [1.165, 1.54) is 0 Å². The molecule has 2 rings (SSSR count). The Balaban J connectivity index is 2.57. The standard InChI is InChI=1S/C10H11F2NO/c11-6-3-4-7(12)10-9(6)8(13)2-1-5-14-10/h3-4,8H,1-2,5,13H2/t8-/m0/s1. The third-order valence-corrected chi connectivity index (χ3v) is 2.37. The second-order valence-corrected chi connectivity index (χ2v) is 3.37. The summed E-state index contributed by atoms with van der Waals surface area (Å²) in [4.78, 5) is 0. The van der Waals surface area contributed by atoms with Crippen LogP contribution in [-0.2, 0) is 0 Å². The lowest BCUT2D eigenvalue weighted by Crippen LogP contribution is -2.11. The smallest absolute Gasteiger partial charge is 0.165 e. The molecule has 0 saturated heterocycles. The lowest BCUT2D eigenvalue weighted by molar-refractivity contribution is 0.300. The first-order valence-electron chi connectivity index (χ1n) is 4.56. The van der Waals surface area contributed by atoms with Crippen LogP contribution in [0.2, 0.25) is 0 Å². The normalized spacial score (nSPS) is 20.9. The van der Waals surface area contributed by atoms with Gasteiger partial charge in [0.1, 0.15) is 5.82 Å². The Morgan fingerprint density at radius 1 is 1.29 bits per heavy atom. The second-order valence-electron chi connectivity index (χ2n) is 3.37. The summed E-state index contributed by atoms with van der Waals surface area (Å²) in [5.74, 6) is -1.05. The van der Waals surface area contributed by atoms with Gasteiger partial charge in [-0.3, -0.25) is 0 Å². The summed E-state index contributed by atoms with van der Waals surface area (Å²) in [6, 6.07) is 1.68. The van der Waals surface area contributed by atoms with E-state index in [0.717, 1.165) is 12.1 Å². The van der Waals surface area contributed by atoms with Gasteiger partial charge in [-0.1, -0.05) is 0 Å². The van der Waals surface area contributed by atoms with E-state index in [1.807, 2.05) is 0 Å². The van der Waals surface area contributed by atoms with Crippen LogP contribution < -0.4 is 10.5 Å². The minimum atomic E-state index is -0.543. The molecule has 0 fully saturated rings.